The lowest BCUT2D eigenvalue weighted by Crippen LogP contribution is -2.36. The second kappa shape index (κ2) is 10.4. The minimum atomic E-state index is -0.0816. The van der Waals surface area contributed by atoms with E-state index in [9.17, 15) is 4.79 Å². The summed E-state index contributed by atoms with van der Waals surface area (Å²) in [6.45, 7) is 9.56. The highest BCUT2D eigenvalue weighted by Crippen LogP contribution is 2.34. The molecule has 190 valence electrons. The third-order valence-corrected chi connectivity index (χ3v) is 7.58. The number of tetrazole rings is 1. The Kier molecular flexibility index (Phi) is 7.05. The van der Waals surface area contributed by atoms with E-state index >= 15 is 0 Å². The summed E-state index contributed by atoms with van der Waals surface area (Å²) in [5.74, 6) is 1.94. The molecule has 1 saturated carbocycles. The van der Waals surface area contributed by atoms with Crippen LogP contribution in [0.25, 0.3) is 10.9 Å². The average molecular weight is 489 g/mol. The van der Waals surface area contributed by atoms with E-state index in [0.29, 0.717) is 19.1 Å². The fraction of sp³-hybridized carbons (Fsp3) is 0.500. The molecule has 8 nitrogen and oxygen atoms in total. The Balaban J connectivity index is 1.55. The Morgan fingerprint density at radius 2 is 1.89 bits per heavy atom. The number of fused-ring (bicyclic) bond motifs is 1. The highest BCUT2D eigenvalue weighted by atomic mass is 16.3. The number of pyridine rings is 1. The molecule has 3 aromatic heterocycles. The van der Waals surface area contributed by atoms with Crippen LogP contribution in [-0.4, -0.2) is 30.1 Å². The molecule has 0 radical (unpaired) electrons. The number of nitrogens with one attached hydrogen (secondary N) is 1. The SMILES string of the molecule is Cc1cc2cc(CN(Cc3ccco3)[C@@H](c3nnnn3C3CCCCC3)C(C)C)c(=O)[nH]c2cc1C. The normalized spacial score (nSPS) is 15.8. The van der Waals surface area contributed by atoms with E-state index in [4.69, 9.17) is 4.42 Å². The first-order valence-corrected chi connectivity index (χ1v) is 13.1. The predicted molar refractivity (Wildman–Crippen MR) is 140 cm³/mol. The number of nitrogens with zero attached hydrogens (tertiary/aromatic N) is 5. The van der Waals surface area contributed by atoms with Gasteiger partial charge in [0.25, 0.3) is 5.56 Å². The monoisotopic (exact) mass is 488 g/mol. The van der Waals surface area contributed by atoms with Gasteiger partial charge in [-0.15, -0.1) is 5.10 Å². The van der Waals surface area contributed by atoms with Crippen LogP contribution in [0.4, 0.5) is 0 Å². The van der Waals surface area contributed by atoms with Gasteiger partial charge in [-0.2, -0.15) is 0 Å². The van der Waals surface area contributed by atoms with Gasteiger partial charge in [0.05, 0.1) is 24.9 Å². The zero-order valence-corrected chi connectivity index (χ0v) is 21.7. The summed E-state index contributed by atoms with van der Waals surface area (Å²) in [6.07, 6.45) is 7.58. The number of hydrogen-bond acceptors (Lipinski definition) is 6. The van der Waals surface area contributed by atoms with E-state index < -0.39 is 0 Å². The van der Waals surface area contributed by atoms with Gasteiger partial charge in [0, 0.05) is 17.6 Å². The topological polar surface area (TPSA) is 92.8 Å². The number of H-pyrrole nitrogens is 1. The molecule has 0 aliphatic heterocycles. The van der Waals surface area contributed by atoms with Gasteiger partial charge in [-0.3, -0.25) is 9.69 Å². The number of aromatic amines is 1. The Morgan fingerprint density at radius 3 is 2.61 bits per heavy atom. The van der Waals surface area contributed by atoms with Crippen molar-refractivity contribution < 1.29 is 4.42 Å². The zero-order chi connectivity index (χ0) is 25.2. The molecule has 4 aromatic rings. The summed E-state index contributed by atoms with van der Waals surface area (Å²) in [5.41, 5.74) is 3.90. The Labute approximate surface area is 211 Å². The van der Waals surface area contributed by atoms with Crippen LogP contribution < -0.4 is 5.56 Å². The van der Waals surface area contributed by atoms with Crippen molar-refractivity contribution in [3.63, 3.8) is 0 Å². The lowest BCUT2D eigenvalue weighted by atomic mass is 9.94. The molecular formula is C28H36N6O2. The van der Waals surface area contributed by atoms with Gasteiger partial charge < -0.3 is 9.40 Å². The third kappa shape index (κ3) is 5.00. The maximum Gasteiger partial charge on any atom is 0.252 e. The summed E-state index contributed by atoms with van der Waals surface area (Å²) in [4.78, 5) is 18.6. The molecule has 1 aliphatic carbocycles. The molecule has 0 spiro atoms. The second-order valence-corrected chi connectivity index (χ2v) is 10.6. The van der Waals surface area contributed by atoms with Gasteiger partial charge in [0.15, 0.2) is 5.82 Å². The van der Waals surface area contributed by atoms with Crippen LogP contribution in [0.1, 0.15) is 86.3 Å². The van der Waals surface area contributed by atoms with E-state index in [-0.39, 0.29) is 17.5 Å². The summed E-state index contributed by atoms with van der Waals surface area (Å²) in [6, 6.07) is 10.3. The van der Waals surface area contributed by atoms with Crippen LogP contribution in [0.3, 0.4) is 0 Å². The van der Waals surface area contributed by atoms with Crippen molar-refractivity contribution in [1.82, 2.24) is 30.1 Å². The lowest BCUT2D eigenvalue weighted by molar-refractivity contribution is 0.112. The molecule has 0 amide bonds. The molecule has 1 atom stereocenters. The van der Waals surface area contributed by atoms with Crippen molar-refractivity contribution in [2.75, 3.05) is 0 Å². The van der Waals surface area contributed by atoms with Crippen molar-refractivity contribution in [3.05, 3.63) is 75.2 Å². The van der Waals surface area contributed by atoms with Crippen LogP contribution in [0.5, 0.6) is 0 Å². The van der Waals surface area contributed by atoms with E-state index in [1.807, 2.05) is 24.3 Å². The average Bonchev–Trinajstić information content (AvgIpc) is 3.54. The highest BCUT2D eigenvalue weighted by molar-refractivity contribution is 5.80. The molecule has 8 heteroatoms. The summed E-state index contributed by atoms with van der Waals surface area (Å²) in [5, 5.41) is 14.1. The molecule has 1 fully saturated rings. The number of benzene rings is 1. The number of aromatic nitrogens is 5. The maximum atomic E-state index is 13.2. The van der Waals surface area contributed by atoms with E-state index in [2.05, 4.69) is 63.9 Å². The van der Waals surface area contributed by atoms with Gasteiger partial charge in [0.2, 0.25) is 0 Å². The first kappa shape index (κ1) is 24.4. The summed E-state index contributed by atoms with van der Waals surface area (Å²) < 4.78 is 7.79. The first-order valence-electron chi connectivity index (χ1n) is 13.1. The van der Waals surface area contributed by atoms with Gasteiger partial charge >= 0.3 is 0 Å². The summed E-state index contributed by atoms with van der Waals surface area (Å²) in [7, 11) is 0. The van der Waals surface area contributed by atoms with Crippen molar-refractivity contribution >= 4 is 10.9 Å². The molecule has 1 aromatic carbocycles. The quantitative estimate of drug-likeness (QED) is 0.346. The van der Waals surface area contributed by atoms with Crippen LogP contribution >= 0.6 is 0 Å². The van der Waals surface area contributed by atoms with Crippen molar-refractivity contribution in [2.24, 2.45) is 5.92 Å². The first-order chi connectivity index (χ1) is 17.4. The van der Waals surface area contributed by atoms with Gasteiger partial charge in [-0.05, 0) is 89.9 Å². The molecular weight excluding hydrogens is 452 g/mol. The van der Waals surface area contributed by atoms with Crippen LogP contribution in [0, 0.1) is 19.8 Å². The Morgan fingerprint density at radius 1 is 1.11 bits per heavy atom. The maximum absolute atomic E-state index is 13.2. The highest BCUT2D eigenvalue weighted by Gasteiger charge is 2.32. The molecule has 1 N–H and O–H groups in total. The van der Waals surface area contributed by atoms with Crippen molar-refractivity contribution in [1.29, 1.82) is 0 Å². The standard InChI is InChI=1S/C28H36N6O2/c1-18(2)26(27-30-31-32-34(27)23-9-6-5-7-10-23)33(17-24-11-8-12-36-24)16-22-15-21-13-19(3)20(4)14-25(21)29-28(22)35/h8,11-15,18,23,26H,5-7,9-10,16-17H2,1-4H3,(H,29,35)/t26-/m1/s1. The Bertz CT molecular complexity index is 1360. The van der Waals surface area contributed by atoms with E-state index in [0.717, 1.165) is 40.9 Å². The molecule has 5 rings (SSSR count). The van der Waals surface area contributed by atoms with Crippen molar-refractivity contribution in [2.45, 2.75) is 85.0 Å². The molecule has 0 unspecified atom stereocenters. The molecule has 0 saturated heterocycles. The zero-order valence-electron chi connectivity index (χ0n) is 21.7. The number of rotatable bonds is 8. The molecule has 0 bridgehead atoms. The smallest absolute Gasteiger partial charge is 0.252 e. The molecule has 1 aliphatic rings. The van der Waals surface area contributed by atoms with Crippen LogP contribution in [0.2, 0.25) is 0 Å². The Hall–Kier alpha value is -3.26. The second-order valence-electron chi connectivity index (χ2n) is 10.6. The minimum Gasteiger partial charge on any atom is -0.468 e. The van der Waals surface area contributed by atoms with Gasteiger partial charge in [-0.25, -0.2) is 4.68 Å². The minimum absolute atomic E-state index is 0.0652. The van der Waals surface area contributed by atoms with Gasteiger partial charge in [0.1, 0.15) is 5.76 Å². The largest absolute Gasteiger partial charge is 0.468 e. The van der Waals surface area contributed by atoms with E-state index in [1.165, 1.54) is 30.4 Å². The number of aryl methyl sites for hydroxylation is 2. The molecule has 36 heavy (non-hydrogen) atoms. The number of furan rings is 1. The number of hydrogen-bond donors (Lipinski definition) is 1. The predicted octanol–water partition coefficient (Wildman–Crippen LogP) is 5.63. The molecule has 3 heterocycles. The fourth-order valence-electron chi connectivity index (χ4n) is 5.58. The van der Waals surface area contributed by atoms with Gasteiger partial charge in [-0.1, -0.05) is 33.1 Å². The van der Waals surface area contributed by atoms with Crippen LogP contribution in [0.15, 0.2) is 45.8 Å². The lowest BCUT2D eigenvalue weighted by Gasteiger charge is -2.34. The van der Waals surface area contributed by atoms with Crippen molar-refractivity contribution in [3.8, 4) is 0 Å². The fourth-order valence-corrected chi connectivity index (χ4v) is 5.58. The van der Waals surface area contributed by atoms with Crippen LogP contribution in [-0.2, 0) is 13.1 Å². The van der Waals surface area contributed by atoms with E-state index in [1.54, 1.807) is 6.26 Å². The third-order valence-electron chi connectivity index (χ3n) is 7.58. The summed E-state index contributed by atoms with van der Waals surface area (Å²) >= 11 is 0.